The molecule has 0 aliphatic carbocycles. The van der Waals surface area contributed by atoms with Crippen LogP contribution in [0.15, 0.2) is 78.9 Å². The number of carbonyl (C=O) groups excluding carboxylic acids is 5. The summed E-state index contributed by atoms with van der Waals surface area (Å²) in [5.74, 6) is -5.12. The Kier molecular flexibility index (Phi) is 14.7. The van der Waals surface area contributed by atoms with Gasteiger partial charge in [0.2, 0.25) is 11.8 Å². The van der Waals surface area contributed by atoms with Crippen LogP contribution in [0.4, 0.5) is 13.2 Å². The fourth-order valence-corrected chi connectivity index (χ4v) is 5.58. The van der Waals surface area contributed by atoms with Crippen LogP contribution in [-0.4, -0.2) is 63.7 Å². The van der Waals surface area contributed by atoms with Crippen molar-refractivity contribution in [1.82, 2.24) is 10.6 Å². The molecule has 0 saturated carbocycles. The van der Waals surface area contributed by atoms with E-state index in [9.17, 15) is 47.4 Å². The fourth-order valence-electron chi connectivity index (χ4n) is 5.58. The topological polar surface area (TPSA) is 150 Å². The number of rotatable bonds is 18. The van der Waals surface area contributed by atoms with E-state index in [-0.39, 0.29) is 36.7 Å². The highest BCUT2D eigenvalue weighted by Gasteiger charge is 2.44. The van der Waals surface area contributed by atoms with Crippen LogP contribution in [-0.2, 0) is 25.6 Å². The molecule has 51 heavy (non-hydrogen) atoms. The van der Waals surface area contributed by atoms with Crippen molar-refractivity contribution in [2.24, 2.45) is 17.8 Å². The van der Waals surface area contributed by atoms with E-state index in [1.165, 1.54) is 26.0 Å². The maximum absolute atomic E-state index is 13.7. The number of hydrogen-bond acceptors (Lipinski definition) is 7. The molecule has 9 nitrogen and oxygen atoms in total. The van der Waals surface area contributed by atoms with Gasteiger partial charge in [0.05, 0.1) is 12.1 Å². The number of phenols is 1. The highest BCUT2D eigenvalue weighted by atomic mass is 19.4. The maximum atomic E-state index is 13.7. The largest absolute Gasteiger partial charge is 0.508 e. The summed E-state index contributed by atoms with van der Waals surface area (Å²) in [7, 11) is 0. The zero-order valence-corrected chi connectivity index (χ0v) is 29.1. The summed E-state index contributed by atoms with van der Waals surface area (Å²) in [5, 5.41) is 24.4. The smallest absolute Gasteiger partial charge is 0.416 e. The summed E-state index contributed by atoms with van der Waals surface area (Å²) in [4.78, 5) is 65.1. The molecule has 4 N–H and O–H groups in total. The standard InChI is InChI=1S/C39H45F3N2O7/c1-23(2)31(22-34(47)29-15-13-28(14-16-29)27-8-6-5-7-9-27)38(51)44-33(21-26-11-17-30(46)18-12-26)35(48)20-24(3)37(50)43-32(19-10-25(4)45)36(49)39(40,41)42/h5-9,11-18,23-24,31-33,36,46,49H,10,19-22H2,1-4H3,(H,43,50)(H,44,51)/t24-,31+,32?,33+,36?/m1/s1. The van der Waals surface area contributed by atoms with Gasteiger partial charge in [-0.05, 0) is 54.5 Å². The minimum atomic E-state index is -5.06. The molecule has 0 aromatic heterocycles. The summed E-state index contributed by atoms with van der Waals surface area (Å²) in [6.07, 6.45) is -9.42. The number of ketones is 3. The van der Waals surface area contributed by atoms with Gasteiger partial charge in [-0.2, -0.15) is 13.2 Å². The molecule has 0 radical (unpaired) electrons. The Morgan fingerprint density at radius 1 is 0.765 bits per heavy atom. The van der Waals surface area contributed by atoms with Gasteiger partial charge in [-0.25, -0.2) is 0 Å². The summed E-state index contributed by atoms with van der Waals surface area (Å²) < 4.78 is 39.9. The first kappa shape index (κ1) is 40.6. The van der Waals surface area contributed by atoms with Crippen molar-refractivity contribution in [3.05, 3.63) is 90.0 Å². The van der Waals surface area contributed by atoms with Crippen LogP contribution in [0.5, 0.6) is 5.75 Å². The lowest BCUT2D eigenvalue weighted by Gasteiger charge is -2.27. The van der Waals surface area contributed by atoms with Crippen molar-refractivity contribution in [2.45, 2.75) is 84.2 Å². The van der Waals surface area contributed by atoms with E-state index in [4.69, 9.17) is 0 Å². The highest BCUT2D eigenvalue weighted by Crippen LogP contribution is 2.26. The van der Waals surface area contributed by atoms with Crippen LogP contribution in [0, 0.1) is 17.8 Å². The summed E-state index contributed by atoms with van der Waals surface area (Å²) in [5.41, 5.74) is 2.89. The first-order valence-corrected chi connectivity index (χ1v) is 16.8. The van der Waals surface area contributed by atoms with E-state index in [1.54, 1.807) is 38.1 Å². The predicted molar refractivity (Wildman–Crippen MR) is 186 cm³/mol. The molecule has 0 aliphatic rings. The molecule has 3 rings (SSSR count). The minimum Gasteiger partial charge on any atom is -0.508 e. The molecule has 5 atom stereocenters. The predicted octanol–water partition coefficient (Wildman–Crippen LogP) is 6.00. The lowest BCUT2D eigenvalue weighted by molar-refractivity contribution is -0.213. The average molecular weight is 711 g/mol. The lowest BCUT2D eigenvalue weighted by atomic mass is 9.87. The first-order valence-electron chi connectivity index (χ1n) is 16.8. The monoisotopic (exact) mass is 710 g/mol. The molecule has 2 amide bonds. The second kappa shape index (κ2) is 18.4. The second-order valence-corrected chi connectivity index (χ2v) is 13.3. The minimum absolute atomic E-state index is 0.0217. The van der Waals surface area contributed by atoms with Gasteiger partial charge in [-0.3, -0.25) is 19.2 Å². The Bertz CT molecular complexity index is 1640. The van der Waals surface area contributed by atoms with E-state index >= 15 is 0 Å². The number of halogens is 3. The molecule has 274 valence electrons. The molecule has 2 unspecified atom stereocenters. The van der Waals surface area contributed by atoms with Gasteiger partial charge < -0.3 is 25.6 Å². The Morgan fingerprint density at radius 3 is 1.90 bits per heavy atom. The zero-order valence-electron chi connectivity index (χ0n) is 29.1. The molecule has 0 spiro atoms. The molecule has 3 aromatic carbocycles. The number of alkyl halides is 3. The molecule has 0 aliphatic heterocycles. The van der Waals surface area contributed by atoms with Crippen molar-refractivity contribution in [3.63, 3.8) is 0 Å². The lowest BCUT2D eigenvalue weighted by Crippen LogP contribution is -2.52. The van der Waals surface area contributed by atoms with Crippen LogP contribution in [0.2, 0.25) is 0 Å². The van der Waals surface area contributed by atoms with E-state index in [0.29, 0.717) is 11.1 Å². The van der Waals surface area contributed by atoms with Crippen LogP contribution < -0.4 is 10.6 Å². The van der Waals surface area contributed by atoms with E-state index < -0.39 is 72.4 Å². The van der Waals surface area contributed by atoms with Gasteiger partial charge in [-0.15, -0.1) is 0 Å². The normalized spacial score (nSPS) is 14.5. The summed E-state index contributed by atoms with van der Waals surface area (Å²) >= 11 is 0. The third kappa shape index (κ3) is 12.5. The number of nitrogens with one attached hydrogen (secondary N) is 2. The Balaban J connectivity index is 1.76. The van der Waals surface area contributed by atoms with Crippen LogP contribution in [0.25, 0.3) is 11.1 Å². The molecule has 3 aromatic rings. The SMILES string of the molecule is CC(=O)CCC(NC(=O)[C@H](C)CC(=O)[C@H](Cc1ccc(O)cc1)NC(=O)[C@@H](CC(=O)c1ccc(-c2ccccc2)cc1)C(C)C)C(O)C(F)(F)F. The van der Waals surface area contributed by atoms with Crippen molar-refractivity contribution in [3.8, 4) is 16.9 Å². The van der Waals surface area contributed by atoms with Crippen LogP contribution in [0.1, 0.15) is 69.3 Å². The van der Waals surface area contributed by atoms with Crippen molar-refractivity contribution in [1.29, 1.82) is 0 Å². The highest BCUT2D eigenvalue weighted by molar-refractivity contribution is 6.00. The number of aliphatic hydroxyl groups is 1. The number of aromatic hydroxyl groups is 1. The molecular formula is C39H45F3N2O7. The number of carbonyl (C=O) groups is 5. The summed E-state index contributed by atoms with van der Waals surface area (Å²) in [6.45, 7) is 6.05. The molecule has 0 saturated heterocycles. The van der Waals surface area contributed by atoms with E-state index in [1.807, 2.05) is 42.5 Å². The second-order valence-electron chi connectivity index (χ2n) is 13.3. The third-order valence-corrected chi connectivity index (χ3v) is 8.75. The first-order chi connectivity index (χ1) is 24.0. The molecule has 0 bridgehead atoms. The Hall–Kier alpha value is -4.84. The number of benzene rings is 3. The quantitative estimate of drug-likeness (QED) is 0.118. The van der Waals surface area contributed by atoms with Crippen molar-refractivity contribution >= 4 is 29.2 Å². The molecule has 0 fully saturated rings. The number of phenolic OH excluding ortho intramolecular Hbond substituents is 1. The van der Waals surface area contributed by atoms with Gasteiger partial charge in [0.15, 0.2) is 17.7 Å². The van der Waals surface area contributed by atoms with Gasteiger partial charge in [-0.1, -0.05) is 87.5 Å². The van der Waals surface area contributed by atoms with Crippen LogP contribution in [0.3, 0.4) is 0 Å². The van der Waals surface area contributed by atoms with E-state index in [2.05, 4.69) is 10.6 Å². The Morgan fingerprint density at radius 2 is 1.35 bits per heavy atom. The third-order valence-electron chi connectivity index (χ3n) is 8.75. The number of aliphatic hydroxyl groups excluding tert-OH is 1. The average Bonchev–Trinajstić information content (AvgIpc) is 3.08. The fraction of sp³-hybridized carbons (Fsp3) is 0.410. The summed E-state index contributed by atoms with van der Waals surface area (Å²) in [6, 6.07) is 19.6. The number of Topliss-reactive ketones (excluding diaryl/α,β-unsaturated/α-hetero) is 3. The van der Waals surface area contributed by atoms with E-state index in [0.717, 1.165) is 11.1 Å². The number of amides is 2. The zero-order chi connectivity index (χ0) is 37.9. The molecular weight excluding hydrogens is 665 g/mol. The van der Waals surface area contributed by atoms with Gasteiger partial charge in [0.1, 0.15) is 11.5 Å². The molecule has 12 heteroatoms. The van der Waals surface area contributed by atoms with Gasteiger partial charge >= 0.3 is 6.18 Å². The Labute approximate surface area is 295 Å². The van der Waals surface area contributed by atoms with Crippen molar-refractivity contribution in [2.75, 3.05) is 0 Å². The van der Waals surface area contributed by atoms with Crippen molar-refractivity contribution < 1.29 is 47.4 Å². The van der Waals surface area contributed by atoms with Gasteiger partial charge in [0.25, 0.3) is 0 Å². The number of hydrogen-bond donors (Lipinski definition) is 4. The van der Waals surface area contributed by atoms with Gasteiger partial charge in [0, 0.05) is 36.7 Å². The van der Waals surface area contributed by atoms with Crippen LogP contribution >= 0.6 is 0 Å². The molecule has 0 heterocycles. The maximum Gasteiger partial charge on any atom is 0.416 e.